The Labute approximate surface area is 192 Å². The summed E-state index contributed by atoms with van der Waals surface area (Å²) in [5.74, 6) is 0.531. The summed E-state index contributed by atoms with van der Waals surface area (Å²) in [6.45, 7) is 9.54. The molecule has 2 unspecified atom stereocenters. The predicted octanol–water partition coefficient (Wildman–Crippen LogP) is 4.23. The van der Waals surface area contributed by atoms with E-state index in [2.05, 4.69) is 32.7 Å². The van der Waals surface area contributed by atoms with Crippen molar-refractivity contribution in [1.82, 2.24) is 24.5 Å². The van der Waals surface area contributed by atoms with Gasteiger partial charge in [-0.25, -0.2) is 9.78 Å². The van der Waals surface area contributed by atoms with Crippen LogP contribution in [0, 0.1) is 16.7 Å². The molecule has 2 aromatic heterocycles. The van der Waals surface area contributed by atoms with E-state index < -0.39 is 5.60 Å². The Morgan fingerprint density at radius 2 is 2.09 bits per heavy atom. The quantitative estimate of drug-likeness (QED) is 0.595. The minimum Gasteiger partial charge on any atom is -0.441 e. The smallest absolute Gasteiger partial charge is 0.416 e. The first-order valence-electron chi connectivity index (χ1n) is 11.4. The Bertz CT molecular complexity index is 1260. The molecule has 0 N–H and O–H groups in total. The average molecular weight is 448 g/mol. The largest absolute Gasteiger partial charge is 0.441 e. The van der Waals surface area contributed by atoms with E-state index in [4.69, 9.17) is 4.74 Å². The maximum absolute atomic E-state index is 12.9. The first-order chi connectivity index (χ1) is 15.6. The second-order valence-corrected chi connectivity index (χ2v) is 10.8. The molecule has 0 radical (unpaired) electrons. The van der Waals surface area contributed by atoms with E-state index in [0.29, 0.717) is 17.9 Å². The Balaban J connectivity index is 1.38. The number of fused-ring (bicyclic) bond motifs is 1. The highest BCUT2D eigenvalue weighted by molar-refractivity contribution is 5.89. The molecule has 3 heterocycles. The zero-order valence-corrected chi connectivity index (χ0v) is 19.6. The molecule has 2 aliphatic rings. The van der Waals surface area contributed by atoms with Gasteiger partial charge in [-0.3, -0.25) is 4.90 Å². The maximum Gasteiger partial charge on any atom is 0.416 e. The molecule has 3 aromatic rings. The zero-order valence-electron chi connectivity index (χ0n) is 19.6. The molecule has 9 heteroatoms. The summed E-state index contributed by atoms with van der Waals surface area (Å²) in [5.41, 5.74) is 1.58. The van der Waals surface area contributed by atoms with Crippen molar-refractivity contribution in [3.63, 3.8) is 0 Å². The minimum absolute atomic E-state index is 0.0756. The Morgan fingerprint density at radius 1 is 1.27 bits per heavy atom. The fourth-order valence-electron chi connectivity index (χ4n) is 5.31. The van der Waals surface area contributed by atoms with Crippen LogP contribution >= 0.6 is 0 Å². The van der Waals surface area contributed by atoms with Crippen LogP contribution in [0.5, 0.6) is 0 Å². The number of aromatic nitrogens is 5. The molecule has 1 aliphatic heterocycles. The van der Waals surface area contributed by atoms with Gasteiger partial charge < -0.3 is 9.30 Å². The van der Waals surface area contributed by atoms with Crippen molar-refractivity contribution in [2.24, 2.45) is 5.41 Å². The van der Waals surface area contributed by atoms with Crippen molar-refractivity contribution in [3.8, 4) is 6.07 Å². The summed E-state index contributed by atoms with van der Waals surface area (Å²) in [4.78, 5) is 20.6. The van der Waals surface area contributed by atoms with E-state index >= 15 is 0 Å². The third-order valence-electron chi connectivity index (χ3n) is 6.79. The number of hydrogen-bond donors (Lipinski definition) is 0. The molecule has 172 valence electrons. The summed E-state index contributed by atoms with van der Waals surface area (Å²) < 4.78 is 8.16. The van der Waals surface area contributed by atoms with Crippen LogP contribution < -0.4 is 4.90 Å². The van der Waals surface area contributed by atoms with Gasteiger partial charge >= 0.3 is 6.09 Å². The summed E-state index contributed by atoms with van der Waals surface area (Å²) >= 11 is 0. The van der Waals surface area contributed by atoms with Crippen molar-refractivity contribution in [3.05, 3.63) is 36.3 Å². The molecule has 5 rings (SSSR count). The van der Waals surface area contributed by atoms with Crippen LogP contribution in [0.3, 0.4) is 0 Å². The van der Waals surface area contributed by atoms with E-state index in [-0.39, 0.29) is 17.0 Å². The summed E-state index contributed by atoms with van der Waals surface area (Å²) in [5, 5.41) is 18.2. The van der Waals surface area contributed by atoms with Gasteiger partial charge in [0.05, 0.1) is 47.3 Å². The summed E-state index contributed by atoms with van der Waals surface area (Å²) in [7, 11) is 0. The Morgan fingerprint density at radius 3 is 2.82 bits per heavy atom. The van der Waals surface area contributed by atoms with E-state index in [1.54, 1.807) is 22.0 Å². The molecule has 1 aromatic carbocycles. The van der Waals surface area contributed by atoms with Crippen LogP contribution in [-0.2, 0) is 16.8 Å². The van der Waals surface area contributed by atoms with E-state index in [0.717, 1.165) is 43.3 Å². The second kappa shape index (κ2) is 7.30. The van der Waals surface area contributed by atoms with Crippen molar-refractivity contribution in [1.29, 1.82) is 5.26 Å². The molecule has 1 saturated heterocycles. The predicted molar refractivity (Wildman–Crippen MR) is 123 cm³/mol. The van der Waals surface area contributed by atoms with Gasteiger partial charge in [0, 0.05) is 6.54 Å². The zero-order chi connectivity index (χ0) is 23.4. The number of carbonyl (C=O) groups is 1. The number of amides is 1. The lowest BCUT2D eigenvalue weighted by Gasteiger charge is -2.43. The number of rotatable bonds is 3. The molecule has 1 saturated carbocycles. The Hall–Kier alpha value is -3.41. The van der Waals surface area contributed by atoms with Crippen molar-refractivity contribution in [2.45, 2.75) is 71.1 Å². The monoisotopic (exact) mass is 447 g/mol. The summed E-state index contributed by atoms with van der Waals surface area (Å²) in [6, 6.07) is 7.77. The van der Waals surface area contributed by atoms with Crippen molar-refractivity contribution < 1.29 is 9.53 Å². The van der Waals surface area contributed by atoms with Gasteiger partial charge in [0.15, 0.2) is 5.82 Å². The molecule has 1 spiro atoms. The molecule has 2 atom stereocenters. The molecule has 33 heavy (non-hydrogen) atoms. The van der Waals surface area contributed by atoms with Crippen LogP contribution in [0.1, 0.15) is 58.9 Å². The van der Waals surface area contributed by atoms with Crippen LogP contribution in [0.2, 0.25) is 0 Å². The number of carbonyl (C=O) groups excluding carboxylic acids is 1. The van der Waals surface area contributed by atoms with E-state index in [1.807, 2.05) is 39.2 Å². The topological polar surface area (TPSA) is 102 Å². The van der Waals surface area contributed by atoms with Gasteiger partial charge in [-0.15, -0.1) is 5.10 Å². The highest BCUT2D eigenvalue weighted by Crippen LogP contribution is 2.47. The summed E-state index contributed by atoms with van der Waals surface area (Å²) in [6.07, 6.45) is 6.72. The standard InChI is InChI=1S/C24H29N7O2/c1-22(2,3)31-27-12-20(28-31)30-15-24(33-21(30)32)9-5-8-23(4,13-24)14-29-16-26-18-7-6-17(11-25)10-19(18)29/h6-7,10,12,16H,5,8-9,13-15H2,1-4H3. The lowest BCUT2D eigenvalue weighted by molar-refractivity contribution is -0.0264. The number of benzene rings is 1. The van der Waals surface area contributed by atoms with Gasteiger partial charge in [0.25, 0.3) is 0 Å². The number of ether oxygens (including phenoxy) is 1. The molecule has 9 nitrogen and oxygen atoms in total. The van der Waals surface area contributed by atoms with Gasteiger partial charge in [-0.1, -0.05) is 6.92 Å². The Kier molecular flexibility index (Phi) is 4.74. The molecular formula is C24H29N7O2. The van der Waals surface area contributed by atoms with Gasteiger partial charge in [0.2, 0.25) is 0 Å². The lowest BCUT2D eigenvalue weighted by Crippen LogP contribution is -2.45. The van der Waals surface area contributed by atoms with Gasteiger partial charge in [0.1, 0.15) is 5.60 Å². The van der Waals surface area contributed by atoms with Crippen LogP contribution in [0.25, 0.3) is 11.0 Å². The molecule has 2 fully saturated rings. The molecule has 1 amide bonds. The molecule has 1 aliphatic carbocycles. The van der Waals surface area contributed by atoms with Gasteiger partial charge in [-0.05, 0) is 70.1 Å². The van der Waals surface area contributed by atoms with Crippen LogP contribution in [0.4, 0.5) is 10.6 Å². The number of hydrogen-bond acceptors (Lipinski definition) is 6. The van der Waals surface area contributed by atoms with Crippen molar-refractivity contribution >= 4 is 22.9 Å². The highest BCUT2D eigenvalue weighted by atomic mass is 16.6. The van der Waals surface area contributed by atoms with Crippen LogP contribution in [-0.4, -0.2) is 42.8 Å². The highest BCUT2D eigenvalue weighted by Gasteiger charge is 2.52. The number of nitrogens with zero attached hydrogens (tertiary/aromatic N) is 7. The molecular weight excluding hydrogens is 418 g/mol. The van der Waals surface area contributed by atoms with E-state index in [1.165, 1.54) is 0 Å². The first kappa shape index (κ1) is 21.4. The van der Waals surface area contributed by atoms with E-state index in [9.17, 15) is 10.1 Å². The normalized spacial score (nSPS) is 25.5. The average Bonchev–Trinajstić information content (AvgIpc) is 3.45. The minimum atomic E-state index is -0.538. The third kappa shape index (κ3) is 3.84. The third-order valence-corrected chi connectivity index (χ3v) is 6.79. The van der Waals surface area contributed by atoms with Crippen LogP contribution in [0.15, 0.2) is 30.7 Å². The fraction of sp³-hybridized carbons (Fsp3) is 0.542. The second-order valence-electron chi connectivity index (χ2n) is 10.8. The first-order valence-corrected chi connectivity index (χ1v) is 11.4. The van der Waals surface area contributed by atoms with Gasteiger partial charge in [-0.2, -0.15) is 15.2 Å². The SMILES string of the molecule is CC1(Cn2cnc3ccc(C#N)cc32)CCCC2(CN(c3cnn(C(C)(C)C)n3)C(=O)O2)C1. The molecule has 0 bridgehead atoms. The maximum atomic E-state index is 12.9. The van der Waals surface area contributed by atoms with Crippen molar-refractivity contribution in [2.75, 3.05) is 11.4 Å². The number of imidazole rings is 1. The number of anilines is 1. The lowest BCUT2D eigenvalue weighted by atomic mass is 9.68. The number of nitriles is 1. The fourth-order valence-corrected chi connectivity index (χ4v) is 5.31.